The molecular formula is C5H12. The molecule has 0 bridgehead atoms. The Labute approximate surface area is 51.1 Å². The van der Waals surface area contributed by atoms with Gasteiger partial charge in [-0.15, -0.1) is 0 Å². The summed E-state index contributed by atoms with van der Waals surface area (Å²) in [5, 5.41) is 0. The zero-order chi connectivity index (χ0) is 14.5. The maximum absolute atomic E-state index is 7.24. The molecule has 0 atom stereocenters. The van der Waals surface area contributed by atoms with Crippen molar-refractivity contribution in [2.24, 2.45) is 0 Å². The highest BCUT2D eigenvalue weighted by molar-refractivity contribution is 4.24. The summed E-state index contributed by atoms with van der Waals surface area (Å²) in [6, 6.07) is 0. The van der Waals surface area contributed by atoms with E-state index in [4.69, 9.17) is 16.4 Å². The van der Waals surface area contributed by atoms with Crippen LogP contribution in [0, 0.1) is 0 Å². The molecule has 0 aliphatic carbocycles. The van der Waals surface area contributed by atoms with E-state index in [-0.39, 0.29) is 0 Å². The summed E-state index contributed by atoms with van der Waals surface area (Å²) < 4.78 is 84.2. The van der Waals surface area contributed by atoms with Crippen molar-refractivity contribution < 1.29 is 16.4 Å². The fraction of sp³-hybridized carbons (Fsp3) is 1.00. The highest BCUT2D eigenvalue weighted by Gasteiger charge is 1.68. The smallest absolute Gasteiger partial charge is 0.0266 e. The Morgan fingerprint density at radius 3 is 2.60 bits per heavy atom. The monoisotopic (exact) mass is 84.2 g/mol. The molecule has 0 heteroatoms. The average molecular weight is 84.2 g/mol. The maximum atomic E-state index is 7.24. The van der Waals surface area contributed by atoms with Crippen molar-refractivity contribution in [3.05, 3.63) is 0 Å². The summed E-state index contributed by atoms with van der Waals surface area (Å²) in [4.78, 5) is 0. The molecule has 0 amide bonds. The molecule has 0 aromatic rings. The van der Waals surface area contributed by atoms with Gasteiger partial charge in [0.1, 0.15) is 0 Å². The van der Waals surface area contributed by atoms with Gasteiger partial charge in [0.2, 0.25) is 0 Å². The Morgan fingerprint density at radius 1 is 1.60 bits per heavy atom. The molecule has 32 valence electrons. The van der Waals surface area contributed by atoms with Gasteiger partial charge in [0.25, 0.3) is 0 Å². The van der Waals surface area contributed by atoms with Crippen LogP contribution in [0.2, 0.25) is 0 Å². The third kappa shape index (κ3) is 4.00. The van der Waals surface area contributed by atoms with Gasteiger partial charge in [-0.3, -0.25) is 0 Å². The lowest BCUT2D eigenvalue weighted by molar-refractivity contribution is 0.772. The Balaban J connectivity index is 5.73. The van der Waals surface area contributed by atoms with Crippen LogP contribution in [0.5, 0.6) is 0 Å². The van der Waals surface area contributed by atoms with Crippen molar-refractivity contribution in [3.63, 3.8) is 0 Å². The van der Waals surface area contributed by atoms with Crippen molar-refractivity contribution in [2.45, 2.75) is 32.8 Å². The van der Waals surface area contributed by atoms with E-state index in [1.807, 2.05) is 0 Å². The van der Waals surface area contributed by atoms with E-state index in [1.165, 1.54) is 0 Å². The molecule has 0 heterocycles. The van der Waals surface area contributed by atoms with Crippen LogP contribution in [0.1, 0.15) is 49.3 Å². The molecule has 0 radical (unpaired) electrons. The van der Waals surface area contributed by atoms with Gasteiger partial charge in [-0.1, -0.05) is 32.8 Å². The zero-order valence-corrected chi connectivity index (χ0v) is 2.50. The molecule has 0 aromatic carbocycles. The zero-order valence-electron chi connectivity index (χ0n) is 14.5. The van der Waals surface area contributed by atoms with Crippen molar-refractivity contribution in [3.8, 4) is 0 Å². The van der Waals surface area contributed by atoms with Crippen LogP contribution in [-0.4, -0.2) is 0 Å². The van der Waals surface area contributed by atoms with Crippen LogP contribution in [0.3, 0.4) is 0 Å². The molecule has 0 aromatic heterocycles. The lowest BCUT2D eigenvalue weighted by Crippen LogP contribution is -1.59. The number of rotatable bonds is 2. The standard InChI is InChI=1S/C5H12/c1-3-5-4-2/h3-5H2,1-2H3/i1D3,2D3,3D2,4D2,5D2. The molecule has 0 aliphatic rings. The van der Waals surface area contributed by atoms with Crippen LogP contribution in [0.25, 0.3) is 0 Å². The van der Waals surface area contributed by atoms with Crippen molar-refractivity contribution in [2.75, 3.05) is 0 Å². The third-order valence-corrected chi connectivity index (χ3v) is 0.125. The lowest BCUT2D eigenvalue weighted by Gasteiger charge is -1.79. The highest BCUT2D eigenvalue weighted by Crippen LogP contribution is 1.88. The Kier molecular flexibility index (Phi) is 0.250. The van der Waals surface area contributed by atoms with E-state index in [2.05, 4.69) is 0 Å². The first-order valence-electron chi connectivity index (χ1n) is 7.00. The van der Waals surface area contributed by atoms with Gasteiger partial charge in [-0.25, -0.2) is 0 Å². The predicted molar refractivity (Wildman–Crippen MR) is 25.2 cm³/mol. The largest absolute Gasteiger partial charge is 0.0654 e. The average Bonchev–Trinajstić information content (AvgIpc) is 1.98. The first kappa shape index (κ1) is 0.312. The van der Waals surface area contributed by atoms with Crippen LogP contribution in [0.4, 0.5) is 0 Å². The van der Waals surface area contributed by atoms with Gasteiger partial charge in [0, 0.05) is 16.4 Å². The first-order chi connectivity index (χ1) is 7.00. The molecule has 0 spiro atoms. The minimum atomic E-state index is -3.70. The Hall–Kier alpha value is 0. The lowest BCUT2D eigenvalue weighted by atomic mass is 10.3. The maximum Gasteiger partial charge on any atom is 0.0266 e. The van der Waals surface area contributed by atoms with E-state index in [0.29, 0.717) is 0 Å². The van der Waals surface area contributed by atoms with E-state index >= 15 is 0 Å². The SMILES string of the molecule is [2H]C([2H])([2H])C([2H])([2H])C([2H])([2H])C([2H])([2H])C([2H])([2H])[2H]. The summed E-state index contributed by atoms with van der Waals surface area (Å²) in [5.74, 6) is 0. The molecule has 0 nitrogen and oxygen atoms in total. The number of hydrogen-bond donors (Lipinski definition) is 0. The van der Waals surface area contributed by atoms with Gasteiger partial charge in [0.05, 0.1) is 0 Å². The molecular weight excluding hydrogens is 60.1 g/mol. The topological polar surface area (TPSA) is 0 Å². The van der Waals surface area contributed by atoms with E-state index < -0.39 is 32.8 Å². The summed E-state index contributed by atoms with van der Waals surface area (Å²) >= 11 is 0. The second-order valence-electron chi connectivity index (χ2n) is 0.375. The molecule has 0 aliphatic heterocycles. The van der Waals surface area contributed by atoms with Crippen LogP contribution in [-0.2, 0) is 0 Å². The van der Waals surface area contributed by atoms with Gasteiger partial charge >= 0.3 is 0 Å². The highest BCUT2D eigenvalue weighted by atomic mass is 13.7. The minimum absolute atomic E-state index is 3.48. The van der Waals surface area contributed by atoms with Crippen molar-refractivity contribution in [1.82, 2.24) is 0 Å². The summed E-state index contributed by atoms with van der Waals surface area (Å²) in [6.45, 7) is -6.95. The first-order valence-corrected chi connectivity index (χ1v) is 1.00. The quantitative estimate of drug-likeness (QED) is 0.481. The molecule has 0 fully saturated rings. The molecule has 0 N–H and O–H groups in total. The van der Waals surface area contributed by atoms with Crippen molar-refractivity contribution >= 4 is 0 Å². The summed E-state index contributed by atoms with van der Waals surface area (Å²) in [5.41, 5.74) is 0. The van der Waals surface area contributed by atoms with Gasteiger partial charge in [-0.05, 0) is 0 Å². The molecule has 0 saturated heterocycles. The fourth-order valence-corrected chi connectivity index (χ4v) is 0.0312. The Morgan fingerprint density at radius 2 is 2.20 bits per heavy atom. The normalized spacial score (nSPS) is 57.6. The van der Waals surface area contributed by atoms with Gasteiger partial charge in [0.15, 0.2) is 0 Å². The van der Waals surface area contributed by atoms with E-state index in [9.17, 15) is 0 Å². The summed E-state index contributed by atoms with van der Waals surface area (Å²) in [6.07, 6.45) is -11.0. The number of hydrogen-bond acceptors (Lipinski definition) is 0. The van der Waals surface area contributed by atoms with Crippen LogP contribution >= 0.6 is 0 Å². The molecule has 0 saturated carbocycles. The van der Waals surface area contributed by atoms with E-state index in [1.54, 1.807) is 0 Å². The van der Waals surface area contributed by atoms with Crippen LogP contribution in [0.15, 0.2) is 0 Å². The molecule has 0 rings (SSSR count). The third-order valence-electron chi connectivity index (χ3n) is 0.125. The predicted octanol–water partition coefficient (Wildman–Crippen LogP) is 2.20. The van der Waals surface area contributed by atoms with Gasteiger partial charge in [-0.2, -0.15) is 0 Å². The van der Waals surface area contributed by atoms with Crippen LogP contribution < -0.4 is 0 Å². The molecule has 5 heavy (non-hydrogen) atoms. The van der Waals surface area contributed by atoms with Crippen molar-refractivity contribution in [1.29, 1.82) is 0 Å². The minimum Gasteiger partial charge on any atom is -0.0654 e. The second-order valence-corrected chi connectivity index (χ2v) is 0.375. The second kappa shape index (κ2) is 4.00. The fourth-order valence-electron chi connectivity index (χ4n) is 0.0312. The Bertz CT molecular complexity index is 250. The summed E-state index contributed by atoms with van der Waals surface area (Å²) in [7, 11) is 0. The van der Waals surface area contributed by atoms with Gasteiger partial charge < -0.3 is 0 Å². The molecule has 0 unspecified atom stereocenters. The van der Waals surface area contributed by atoms with E-state index in [0.717, 1.165) is 0 Å².